The Kier molecular flexibility index (Phi) is 4.67. The fraction of sp³-hybridized carbons (Fsp3) is 0.588. The summed E-state index contributed by atoms with van der Waals surface area (Å²) < 4.78 is 19.7. The average molecular weight is 293 g/mol. The van der Waals surface area contributed by atoms with Crippen LogP contribution in [-0.4, -0.2) is 36.2 Å². The van der Waals surface area contributed by atoms with Crippen LogP contribution in [0.15, 0.2) is 30.3 Å². The van der Waals surface area contributed by atoms with Gasteiger partial charge < -0.3 is 4.74 Å². The first kappa shape index (κ1) is 16.0. The van der Waals surface area contributed by atoms with Crippen molar-refractivity contribution in [2.24, 2.45) is 5.41 Å². The number of ether oxygens (including phenoxy) is 1. The number of rotatable bonds is 4. The molecule has 0 spiro atoms. The van der Waals surface area contributed by atoms with E-state index < -0.39 is 17.6 Å². The monoisotopic (exact) mass is 293 g/mol. The number of esters is 1. The van der Waals surface area contributed by atoms with Gasteiger partial charge in [-0.1, -0.05) is 30.3 Å². The number of nitrogens with zero attached hydrogens (tertiary/aromatic N) is 1. The predicted molar refractivity (Wildman–Crippen MR) is 80.7 cm³/mol. The molecule has 3 atom stereocenters. The Morgan fingerprint density at radius 1 is 1.33 bits per heavy atom. The molecule has 0 radical (unpaired) electrons. The van der Waals surface area contributed by atoms with E-state index in [1.807, 2.05) is 42.2 Å². The maximum Gasteiger partial charge on any atom is 0.316 e. The lowest BCUT2D eigenvalue weighted by Gasteiger charge is -2.27. The van der Waals surface area contributed by atoms with Gasteiger partial charge in [0.25, 0.3) is 0 Å². The standard InChI is InChI=1S/C17H24FNO2/c1-12(2)21-16(20)17(4)11-19(10-15(17)18)13(3)14-8-6-5-7-9-14/h5-9,12-13,15H,10-11H2,1-4H3/t13-,15?,17-/m1/s1. The van der Waals surface area contributed by atoms with Gasteiger partial charge in [0.15, 0.2) is 0 Å². The molecule has 2 rings (SSSR count). The molecule has 21 heavy (non-hydrogen) atoms. The number of benzene rings is 1. The van der Waals surface area contributed by atoms with Gasteiger partial charge in [0.1, 0.15) is 11.6 Å². The van der Waals surface area contributed by atoms with E-state index in [2.05, 4.69) is 0 Å². The molecular formula is C17H24FNO2. The zero-order chi connectivity index (χ0) is 15.6. The number of hydrogen-bond donors (Lipinski definition) is 0. The molecule has 3 nitrogen and oxygen atoms in total. The third-order valence-corrected chi connectivity index (χ3v) is 4.26. The molecule has 0 N–H and O–H groups in total. The minimum absolute atomic E-state index is 0.0816. The second-order valence-electron chi connectivity index (χ2n) is 6.36. The number of alkyl halides is 1. The van der Waals surface area contributed by atoms with E-state index >= 15 is 0 Å². The van der Waals surface area contributed by atoms with Crippen molar-refractivity contribution in [2.45, 2.75) is 46.0 Å². The van der Waals surface area contributed by atoms with E-state index in [0.29, 0.717) is 6.54 Å². The largest absolute Gasteiger partial charge is 0.462 e. The highest BCUT2D eigenvalue weighted by Crippen LogP contribution is 2.38. The van der Waals surface area contributed by atoms with Crippen molar-refractivity contribution in [3.8, 4) is 0 Å². The van der Waals surface area contributed by atoms with Gasteiger partial charge in [-0.3, -0.25) is 9.69 Å². The molecule has 4 heteroatoms. The van der Waals surface area contributed by atoms with Gasteiger partial charge in [0.05, 0.1) is 6.10 Å². The molecule has 1 aromatic rings. The highest BCUT2D eigenvalue weighted by atomic mass is 19.1. The lowest BCUT2D eigenvalue weighted by molar-refractivity contribution is -0.160. The third kappa shape index (κ3) is 3.26. The van der Waals surface area contributed by atoms with E-state index in [9.17, 15) is 9.18 Å². The lowest BCUT2D eigenvalue weighted by atomic mass is 9.88. The van der Waals surface area contributed by atoms with E-state index in [1.165, 1.54) is 0 Å². The van der Waals surface area contributed by atoms with E-state index in [-0.39, 0.29) is 18.7 Å². The quantitative estimate of drug-likeness (QED) is 0.797. The highest BCUT2D eigenvalue weighted by molar-refractivity contribution is 5.78. The van der Waals surface area contributed by atoms with Crippen molar-refractivity contribution < 1.29 is 13.9 Å². The first-order valence-electron chi connectivity index (χ1n) is 7.48. The van der Waals surface area contributed by atoms with E-state index in [0.717, 1.165) is 5.56 Å². The lowest BCUT2D eigenvalue weighted by Crippen LogP contribution is -2.40. The number of carbonyl (C=O) groups excluding carboxylic acids is 1. The third-order valence-electron chi connectivity index (χ3n) is 4.26. The van der Waals surface area contributed by atoms with Gasteiger partial charge >= 0.3 is 5.97 Å². The summed E-state index contributed by atoms with van der Waals surface area (Å²) in [4.78, 5) is 14.2. The number of halogens is 1. The van der Waals surface area contributed by atoms with Crippen LogP contribution in [0.4, 0.5) is 4.39 Å². The van der Waals surface area contributed by atoms with Crippen LogP contribution in [0, 0.1) is 5.41 Å². The second kappa shape index (κ2) is 6.14. The molecule has 1 aromatic carbocycles. The van der Waals surface area contributed by atoms with Crippen molar-refractivity contribution in [2.75, 3.05) is 13.1 Å². The fourth-order valence-electron chi connectivity index (χ4n) is 2.77. The second-order valence-corrected chi connectivity index (χ2v) is 6.36. The zero-order valence-corrected chi connectivity index (χ0v) is 13.2. The summed E-state index contributed by atoms with van der Waals surface area (Å²) in [6, 6.07) is 10.0. The Morgan fingerprint density at radius 3 is 2.52 bits per heavy atom. The Labute approximate surface area is 126 Å². The summed E-state index contributed by atoms with van der Waals surface area (Å²) in [6.07, 6.45) is -1.42. The van der Waals surface area contributed by atoms with E-state index in [4.69, 9.17) is 4.74 Å². The minimum atomic E-state index is -1.20. The van der Waals surface area contributed by atoms with Gasteiger partial charge in [-0.2, -0.15) is 0 Å². The van der Waals surface area contributed by atoms with Crippen LogP contribution < -0.4 is 0 Å². The molecular weight excluding hydrogens is 269 g/mol. The van der Waals surface area contributed by atoms with Crippen LogP contribution >= 0.6 is 0 Å². The summed E-state index contributed by atoms with van der Waals surface area (Å²) in [6.45, 7) is 7.93. The van der Waals surface area contributed by atoms with Crippen molar-refractivity contribution in [1.82, 2.24) is 4.90 Å². The van der Waals surface area contributed by atoms with Crippen LogP contribution in [0.5, 0.6) is 0 Å². The van der Waals surface area contributed by atoms with Crippen LogP contribution in [0.2, 0.25) is 0 Å². The van der Waals surface area contributed by atoms with Gasteiger partial charge in [0, 0.05) is 19.1 Å². The minimum Gasteiger partial charge on any atom is -0.462 e. The van der Waals surface area contributed by atoms with Crippen LogP contribution in [0.25, 0.3) is 0 Å². The summed E-state index contributed by atoms with van der Waals surface area (Å²) >= 11 is 0. The van der Waals surface area contributed by atoms with Crippen LogP contribution in [0.1, 0.15) is 39.3 Å². The fourth-order valence-corrected chi connectivity index (χ4v) is 2.77. The Hall–Kier alpha value is -1.42. The Balaban J connectivity index is 2.12. The number of carbonyl (C=O) groups is 1. The van der Waals surface area contributed by atoms with Gasteiger partial charge in [0.2, 0.25) is 0 Å². The average Bonchev–Trinajstić information content (AvgIpc) is 2.75. The molecule has 0 aliphatic carbocycles. The maximum atomic E-state index is 14.5. The zero-order valence-electron chi connectivity index (χ0n) is 13.2. The maximum absolute atomic E-state index is 14.5. The van der Waals surface area contributed by atoms with Crippen molar-refractivity contribution >= 4 is 5.97 Å². The van der Waals surface area contributed by atoms with Crippen LogP contribution in [0.3, 0.4) is 0 Å². The van der Waals surface area contributed by atoms with Crippen molar-refractivity contribution in [1.29, 1.82) is 0 Å². The molecule has 0 bridgehead atoms. The Morgan fingerprint density at radius 2 is 1.95 bits per heavy atom. The summed E-state index contributed by atoms with van der Waals surface area (Å²) in [5.41, 5.74) is 0.0546. The molecule has 1 heterocycles. The molecule has 1 aliphatic rings. The van der Waals surface area contributed by atoms with Gasteiger partial charge in [-0.25, -0.2) is 4.39 Å². The summed E-state index contributed by atoms with van der Waals surface area (Å²) in [5, 5.41) is 0. The molecule has 0 saturated carbocycles. The summed E-state index contributed by atoms with van der Waals surface area (Å²) in [7, 11) is 0. The van der Waals surface area contributed by atoms with Gasteiger partial charge in [-0.05, 0) is 33.3 Å². The van der Waals surface area contributed by atoms with E-state index in [1.54, 1.807) is 20.8 Å². The topological polar surface area (TPSA) is 29.5 Å². The molecule has 1 unspecified atom stereocenters. The normalized spacial score (nSPS) is 27.8. The number of hydrogen-bond acceptors (Lipinski definition) is 3. The SMILES string of the molecule is CC(C)OC(=O)[C@]1(C)CN([C@H](C)c2ccccc2)CC1F. The number of likely N-dealkylation sites (tertiary alicyclic amines) is 1. The van der Waals surface area contributed by atoms with Crippen molar-refractivity contribution in [3.63, 3.8) is 0 Å². The van der Waals surface area contributed by atoms with Crippen LogP contribution in [-0.2, 0) is 9.53 Å². The molecule has 0 aromatic heterocycles. The molecule has 116 valence electrons. The molecule has 1 aliphatic heterocycles. The molecule has 1 saturated heterocycles. The first-order chi connectivity index (χ1) is 9.84. The first-order valence-corrected chi connectivity index (χ1v) is 7.48. The van der Waals surface area contributed by atoms with Gasteiger partial charge in [-0.15, -0.1) is 0 Å². The smallest absolute Gasteiger partial charge is 0.316 e. The highest BCUT2D eigenvalue weighted by Gasteiger charge is 2.51. The molecule has 1 fully saturated rings. The Bertz CT molecular complexity index is 491. The predicted octanol–water partition coefficient (Wildman–Crippen LogP) is 3.36. The molecule has 0 amide bonds. The summed E-state index contributed by atoms with van der Waals surface area (Å²) in [5.74, 6) is -0.437. The van der Waals surface area contributed by atoms with Crippen molar-refractivity contribution in [3.05, 3.63) is 35.9 Å².